The summed E-state index contributed by atoms with van der Waals surface area (Å²) in [7, 11) is 0. The summed E-state index contributed by atoms with van der Waals surface area (Å²) in [6.07, 6.45) is 1.44. The highest BCUT2D eigenvalue weighted by Gasteiger charge is 2.11. The SMILES string of the molecule is Cc1ccccc1OCC(=O)NN=Cc1ccc(OC(=O)c2ccc([N+](=O)[O-])cc2)cc1. The number of nitrogens with zero attached hydrogens (tertiary/aromatic N) is 2. The fraction of sp³-hybridized carbons (Fsp3) is 0.0870. The molecule has 0 atom stereocenters. The topological polar surface area (TPSA) is 120 Å². The lowest BCUT2D eigenvalue weighted by atomic mass is 10.2. The van der Waals surface area contributed by atoms with Crippen LogP contribution in [0.1, 0.15) is 21.5 Å². The van der Waals surface area contributed by atoms with Crippen molar-refractivity contribution in [3.63, 3.8) is 0 Å². The Morgan fingerprint density at radius 1 is 1.03 bits per heavy atom. The Morgan fingerprint density at radius 3 is 2.38 bits per heavy atom. The van der Waals surface area contributed by atoms with Gasteiger partial charge < -0.3 is 9.47 Å². The van der Waals surface area contributed by atoms with E-state index < -0.39 is 16.8 Å². The molecular weight excluding hydrogens is 414 g/mol. The third-order valence-electron chi connectivity index (χ3n) is 4.26. The molecule has 0 radical (unpaired) electrons. The molecule has 0 aliphatic rings. The molecule has 9 nitrogen and oxygen atoms in total. The van der Waals surface area contributed by atoms with Crippen LogP contribution in [0, 0.1) is 17.0 Å². The first-order chi connectivity index (χ1) is 15.4. The molecule has 0 heterocycles. The molecule has 1 N–H and O–H groups in total. The van der Waals surface area contributed by atoms with Crippen LogP contribution < -0.4 is 14.9 Å². The van der Waals surface area contributed by atoms with Crippen molar-refractivity contribution in [2.45, 2.75) is 6.92 Å². The Labute approximate surface area is 183 Å². The first kappa shape index (κ1) is 22.2. The third-order valence-corrected chi connectivity index (χ3v) is 4.26. The maximum Gasteiger partial charge on any atom is 0.343 e. The van der Waals surface area contributed by atoms with Crippen LogP contribution in [0.15, 0.2) is 77.9 Å². The lowest BCUT2D eigenvalue weighted by molar-refractivity contribution is -0.384. The summed E-state index contributed by atoms with van der Waals surface area (Å²) in [5.41, 5.74) is 4.05. The molecule has 0 saturated heterocycles. The van der Waals surface area contributed by atoms with Crippen molar-refractivity contribution in [3.8, 4) is 11.5 Å². The summed E-state index contributed by atoms with van der Waals surface area (Å²) in [6.45, 7) is 1.72. The minimum Gasteiger partial charge on any atom is -0.483 e. The van der Waals surface area contributed by atoms with Crippen molar-refractivity contribution in [2.75, 3.05) is 6.61 Å². The quantitative estimate of drug-likeness (QED) is 0.190. The number of esters is 1. The van der Waals surface area contributed by atoms with Crippen LogP contribution in [0.3, 0.4) is 0 Å². The zero-order chi connectivity index (χ0) is 22.9. The van der Waals surface area contributed by atoms with Crippen molar-refractivity contribution in [2.24, 2.45) is 5.10 Å². The molecule has 0 bridgehead atoms. The maximum absolute atomic E-state index is 12.1. The van der Waals surface area contributed by atoms with Gasteiger partial charge >= 0.3 is 5.97 Å². The number of benzene rings is 3. The van der Waals surface area contributed by atoms with E-state index in [4.69, 9.17) is 9.47 Å². The van der Waals surface area contributed by atoms with Crippen LogP contribution >= 0.6 is 0 Å². The molecule has 9 heteroatoms. The minimum atomic E-state index is -0.637. The van der Waals surface area contributed by atoms with Crippen LogP contribution in [-0.2, 0) is 4.79 Å². The maximum atomic E-state index is 12.1. The number of carbonyl (C=O) groups is 2. The Morgan fingerprint density at radius 2 is 1.72 bits per heavy atom. The van der Waals surface area contributed by atoms with Crippen molar-refractivity contribution in [3.05, 3.63) is 99.6 Å². The highest BCUT2D eigenvalue weighted by molar-refractivity contribution is 5.91. The molecule has 3 aromatic carbocycles. The fourth-order valence-electron chi connectivity index (χ4n) is 2.58. The average molecular weight is 433 g/mol. The molecule has 1 amide bonds. The van der Waals surface area contributed by atoms with Crippen molar-refractivity contribution >= 4 is 23.8 Å². The Kier molecular flexibility index (Phi) is 7.26. The smallest absolute Gasteiger partial charge is 0.343 e. The zero-order valence-electron chi connectivity index (χ0n) is 17.1. The van der Waals surface area contributed by atoms with Gasteiger partial charge in [-0.25, -0.2) is 10.2 Å². The van der Waals surface area contributed by atoms with E-state index in [1.807, 2.05) is 25.1 Å². The summed E-state index contributed by atoms with van der Waals surface area (Å²) in [4.78, 5) is 34.1. The van der Waals surface area contributed by atoms with E-state index in [-0.39, 0.29) is 17.9 Å². The Bertz CT molecular complexity index is 1140. The van der Waals surface area contributed by atoms with Crippen molar-refractivity contribution in [1.29, 1.82) is 0 Å². The monoisotopic (exact) mass is 433 g/mol. The fourth-order valence-corrected chi connectivity index (χ4v) is 2.58. The largest absolute Gasteiger partial charge is 0.483 e. The van der Waals surface area contributed by atoms with Crippen molar-refractivity contribution in [1.82, 2.24) is 5.43 Å². The van der Waals surface area contributed by atoms with E-state index in [1.165, 1.54) is 30.5 Å². The molecule has 0 aliphatic carbocycles. The Balaban J connectivity index is 1.48. The highest BCUT2D eigenvalue weighted by Crippen LogP contribution is 2.17. The van der Waals surface area contributed by atoms with E-state index in [2.05, 4.69) is 10.5 Å². The van der Waals surface area contributed by atoms with Crippen molar-refractivity contribution < 1.29 is 24.0 Å². The number of ether oxygens (including phenoxy) is 2. The molecule has 0 spiro atoms. The minimum absolute atomic E-state index is 0.112. The molecule has 32 heavy (non-hydrogen) atoms. The van der Waals surface area contributed by atoms with E-state index in [9.17, 15) is 19.7 Å². The third kappa shape index (κ3) is 6.23. The van der Waals surface area contributed by atoms with Gasteiger partial charge in [0.05, 0.1) is 16.7 Å². The van der Waals surface area contributed by atoms with Crippen LogP contribution in [-0.4, -0.2) is 29.6 Å². The number of amides is 1. The number of hydrogen-bond donors (Lipinski definition) is 1. The van der Waals surface area contributed by atoms with Crippen LogP contribution in [0.2, 0.25) is 0 Å². The normalized spacial score (nSPS) is 10.5. The van der Waals surface area contributed by atoms with Gasteiger partial charge in [0.15, 0.2) is 6.61 Å². The summed E-state index contributed by atoms with van der Waals surface area (Å²) in [6, 6.07) is 18.9. The molecule has 0 saturated carbocycles. The number of para-hydroxylation sites is 1. The van der Waals surface area contributed by atoms with Crippen LogP contribution in [0.4, 0.5) is 5.69 Å². The van der Waals surface area contributed by atoms with E-state index in [0.717, 1.165) is 5.56 Å². The second-order valence-electron chi connectivity index (χ2n) is 6.61. The van der Waals surface area contributed by atoms with E-state index in [1.54, 1.807) is 30.3 Å². The molecule has 0 aliphatic heterocycles. The van der Waals surface area contributed by atoms with Gasteiger partial charge in [-0.1, -0.05) is 18.2 Å². The number of nitro benzene ring substituents is 1. The van der Waals surface area contributed by atoms with E-state index in [0.29, 0.717) is 17.1 Å². The van der Waals surface area contributed by atoms with Gasteiger partial charge in [0, 0.05) is 12.1 Å². The molecule has 0 aromatic heterocycles. The number of carbonyl (C=O) groups excluding carboxylic acids is 2. The number of non-ortho nitro benzene ring substituents is 1. The number of hydrazone groups is 1. The molecule has 3 aromatic rings. The molecule has 3 rings (SSSR count). The summed E-state index contributed by atoms with van der Waals surface area (Å²) in [5, 5.41) is 14.5. The summed E-state index contributed by atoms with van der Waals surface area (Å²) < 4.78 is 10.7. The predicted molar refractivity (Wildman–Crippen MR) is 117 cm³/mol. The van der Waals surface area contributed by atoms with E-state index >= 15 is 0 Å². The number of rotatable bonds is 8. The number of aryl methyl sites for hydroxylation is 1. The molecule has 0 fully saturated rings. The second kappa shape index (κ2) is 10.5. The molecule has 162 valence electrons. The summed E-state index contributed by atoms with van der Waals surface area (Å²) >= 11 is 0. The van der Waals surface area contributed by atoms with Gasteiger partial charge in [0.25, 0.3) is 11.6 Å². The van der Waals surface area contributed by atoms with Gasteiger partial charge in [-0.3, -0.25) is 14.9 Å². The van der Waals surface area contributed by atoms with Crippen LogP contribution in [0.25, 0.3) is 0 Å². The number of hydrogen-bond acceptors (Lipinski definition) is 7. The summed E-state index contributed by atoms with van der Waals surface area (Å²) in [5.74, 6) is -0.118. The van der Waals surface area contributed by atoms with Gasteiger partial charge in [-0.2, -0.15) is 5.10 Å². The first-order valence-corrected chi connectivity index (χ1v) is 9.49. The lowest BCUT2D eigenvalue weighted by Crippen LogP contribution is -2.24. The van der Waals surface area contributed by atoms with Gasteiger partial charge in [0.2, 0.25) is 0 Å². The van der Waals surface area contributed by atoms with Crippen LogP contribution in [0.5, 0.6) is 11.5 Å². The molecule has 0 unspecified atom stereocenters. The first-order valence-electron chi connectivity index (χ1n) is 9.49. The second-order valence-corrected chi connectivity index (χ2v) is 6.61. The highest BCUT2D eigenvalue weighted by atomic mass is 16.6. The van der Waals surface area contributed by atoms with Gasteiger partial charge in [-0.05, 0) is 60.5 Å². The lowest BCUT2D eigenvalue weighted by Gasteiger charge is -2.07. The van der Waals surface area contributed by atoms with Gasteiger partial charge in [-0.15, -0.1) is 0 Å². The van der Waals surface area contributed by atoms with Gasteiger partial charge in [0.1, 0.15) is 11.5 Å². The number of nitro groups is 1. The number of nitrogens with one attached hydrogen (secondary N) is 1. The predicted octanol–water partition coefficient (Wildman–Crippen LogP) is 3.65. The standard InChI is InChI=1S/C23H19N3O6/c1-16-4-2-3-5-21(16)31-15-22(27)25-24-14-17-6-12-20(13-7-17)32-23(28)18-8-10-19(11-9-18)26(29)30/h2-14H,15H2,1H3,(H,25,27). The Hall–Kier alpha value is -4.53. The average Bonchev–Trinajstić information content (AvgIpc) is 2.79. The molecular formula is C23H19N3O6. The zero-order valence-corrected chi connectivity index (χ0v) is 17.1.